The molecule has 11 heteroatoms. The van der Waals surface area contributed by atoms with Crippen LogP contribution in [0.2, 0.25) is 0 Å². The van der Waals surface area contributed by atoms with Crippen molar-refractivity contribution in [1.29, 1.82) is 0 Å². The van der Waals surface area contributed by atoms with Crippen molar-refractivity contribution in [2.75, 3.05) is 21.3 Å². The van der Waals surface area contributed by atoms with E-state index in [2.05, 4.69) is 20.9 Å². The number of para-hydroxylation sites is 1. The summed E-state index contributed by atoms with van der Waals surface area (Å²) in [5.41, 5.74) is 2.52. The average molecular weight is 613 g/mol. The van der Waals surface area contributed by atoms with Crippen LogP contribution in [0.25, 0.3) is 28.0 Å². The Morgan fingerprint density at radius 2 is 1.63 bits per heavy atom. The van der Waals surface area contributed by atoms with E-state index in [0.29, 0.717) is 56.6 Å². The summed E-state index contributed by atoms with van der Waals surface area (Å²) in [6.45, 7) is 0. The van der Waals surface area contributed by atoms with E-state index in [1.165, 1.54) is 0 Å². The minimum absolute atomic E-state index is 0.280. The Hall–Kier alpha value is -4.90. The van der Waals surface area contributed by atoms with Crippen LogP contribution in [0.3, 0.4) is 0 Å². The van der Waals surface area contributed by atoms with Crippen molar-refractivity contribution >= 4 is 32.5 Å². The molecule has 0 bridgehead atoms. The van der Waals surface area contributed by atoms with Gasteiger partial charge in [-0.25, -0.2) is 19.3 Å². The van der Waals surface area contributed by atoms with Crippen LogP contribution in [0.1, 0.15) is 22.6 Å². The lowest BCUT2D eigenvalue weighted by Crippen LogP contribution is -2.23. The number of methoxy groups -OCH3 is 3. The van der Waals surface area contributed by atoms with E-state index < -0.39 is 11.5 Å². The van der Waals surface area contributed by atoms with Gasteiger partial charge in [0.1, 0.15) is 17.7 Å². The molecular formula is C30H21BrN4O6. The first kappa shape index (κ1) is 25.1. The first-order valence-electron chi connectivity index (χ1n) is 12.6. The summed E-state index contributed by atoms with van der Waals surface area (Å²) in [4.78, 5) is 23.3. The summed E-state index contributed by atoms with van der Waals surface area (Å²) in [6.07, 6.45) is 1.54. The van der Waals surface area contributed by atoms with Crippen LogP contribution in [0.4, 0.5) is 0 Å². The molecule has 0 saturated carbocycles. The van der Waals surface area contributed by atoms with E-state index in [4.69, 9.17) is 33.4 Å². The van der Waals surface area contributed by atoms with E-state index in [1.807, 2.05) is 36.4 Å². The van der Waals surface area contributed by atoms with Gasteiger partial charge in [0.15, 0.2) is 28.7 Å². The highest BCUT2D eigenvalue weighted by atomic mass is 79.9. The summed E-state index contributed by atoms with van der Waals surface area (Å²) in [5, 5.41) is 5.33. The number of hydrogen-bond donors (Lipinski definition) is 0. The minimum Gasteiger partial charge on any atom is -0.496 e. The molecule has 6 aromatic rings. The Balaban J connectivity index is 1.59. The van der Waals surface area contributed by atoms with E-state index in [1.54, 1.807) is 56.4 Å². The number of halogens is 1. The van der Waals surface area contributed by atoms with Crippen LogP contribution < -0.4 is 24.6 Å². The van der Waals surface area contributed by atoms with Crippen molar-refractivity contribution in [3.05, 3.63) is 98.6 Å². The van der Waals surface area contributed by atoms with Crippen LogP contribution in [-0.4, -0.2) is 40.9 Å². The normalized spacial score (nSPS) is 13.9. The third kappa shape index (κ3) is 3.84. The highest BCUT2D eigenvalue weighted by Crippen LogP contribution is 2.52. The van der Waals surface area contributed by atoms with E-state index in [0.717, 1.165) is 10.0 Å². The Labute approximate surface area is 241 Å². The summed E-state index contributed by atoms with van der Waals surface area (Å²) in [5.74, 6) is 1.74. The predicted molar refractivity (Wildman–Crippen MR) is 154 cm³/mol. The summed E-state index contributed by atoms with van der Waals surface area (Å²) >= 11 is 3.59. The van der Waals surface area contributed by atoms with Gasteiger partial charge in [0.25, 0.3) is 0 Å². The lowest BCUT2D eigenvalue weighted by Gasteiger charge is -2.28. The number of aromatic nitrogens is 4. The maximum Gasteiger partial charge on any atom is 0.344 e. The molecule has 1 aliphatic rings. The molecule has 0 radical (unpaired) electrons. The Bertz CT molecular complexity index is 2050. The van der Waals surface area contributed by atoms with E-state index in [9.17, 15) is 4.79 Å². The van der Waals surface area contributed by atoms with Crippen molar-refractivity contribution in [3.63, 3.8) is 0 Å². The van der Waals surface area contributed by atoms with Gasteiger partial charge in [-0.05, 0) is 30.3 Å². The Kier molecular flexibility index (Phi) is 5.89. The van der Waals surface area contributed by atoms with Gasteiger partial charge in [-0.3, -0.25) is 0 Å². The zero-order chi connectivity index (χ0) is 28.2. The number of fused-ring (bicyclic) bond motifs is 6. The monoisotopic (exact) mass is 612 g/mol. The summed E-state index contributed by atoms with van der Waals surface area (Å²) < 4.78 is 31.6. The van der Waals surface area contributed by atoms with Gasteiger partial charge >= 0.3 is 5.63 Å². The Morgan fingerprint density at radius 3 is 2.41 bits per heavy atom. The molecule has 4 heterocycles. The van der Waals surface area contributed by atoms with Crippen molar-refractivity contribution in [1.82, 2.24) is 19.6 Å². The highest BCUT2D eigenvalue weighted by molar-refractivity contribution is 9.10. The molecule has 0 aliphatic carbocycles. The molecule has 41 heavy (non-hydrogen) atoms. The average Bonchev–Trinajstić information content (AvgIpc) is 3.44. The highest BCUT2D eigenvalue weighted by Gasteiger charge is 2.39. The zero-order valence-corrected chi connectivity index (χ0v) is 23.6. The van der Waals surface area contributed by atoms with E-state index >= 15 is 0 Å². The number of benzene rings is 3. The van der Waals surface area contributed by atoms with Crippen molar-refractivity contribution in [3.8, 4) is 40.3 Å². The molecular weight excluding hydrogens is 592 g/mol. The molecule has 3 aromatic carbocycles. The Morgan fingerprint density at radius 1 is 0.902 bits per heavy atom. The topological polar surface area (TPSA) is 110 Å². The van der Waals surface area contributed by atoms with Crippen LogP contribution >= 0.6 is 15.9 Å². The van der Waals surface area contributed by atoms with Gasteiger partial charge < -0.3 is 23.4 Å². The fourth-order valence-corrected chi connectivity index (χ4v) is 5.74. The van der Waals surface area contributed by atoms with Crippen LogP contribution in [0.15, 0.2) is 80.7 Å². The molecule has 0 fully saturated rings. The molecule has 0 spiro atoms. The third-order valence-electron chi connectivity index (χ3n) is 7.12. The first-order chi connectivity index (χ1) is 20.0. The second kappa shape index (κ2) is 9.63. The largest absolute Gasteiger partial charge is 0.496 e. The van der Waals surface area contributed by atoms with Gasteiger partial charge in [0, 0.05) is 21.7 Å². The molecule has 0 saturated heterocycles. The van der Waals surface area contributed by atoms with Crippen molar-refractivity contribution in [2.45, 2.75) is 5.92 Å². The maximum atomic E-state index is 13.7. The standard InChI is InChI=1S/C30H21BrN4O6/c1-37-20-13-22(39-3)21(38-2)12-17(20)23-24-26(16-9-5-7-11-19(16)40-30(24)36)41-29-25(23)28-33-27(34-35(28)14-32-29)15-8-4-6-10-18(15)31/h4-14,23H,1-3H3. The predicted octanol–water partition coefficient (Wildman–Crippen LogP) is 5.97. The fourth-order valence-electron chi connectivity index (χ4n) is 5.28. The molecule has 1 atom stereocenters. The lowest BCUT2D eigenvalue weighted by molar-refractivity contribution is 0.346. The van der Waals surface area contributed by atoms with Gasteiger partial charge in [-0.2, -0.15) is 0 Å². The molecule has 0 amide bonds. The molecule has 10 nitrogen and oxygen atoms in total. The number of nitrogens with zero attached hydrogens (tertiary/aromatic N) is 4. The summed E-state index contributed by atoms with van der Waals surface area (Å²) in [7, 11) is 4.64. The van der Waals surface area contributed by atoms with Crippen molar-refractivity contribution in [2.24, 2.45) is 0 Å². The van der Waals surface area contributed by atoms with Crippen molar-refractivity contribution < 1.29 is 23.4 Å². The molecule has 1 unspecified atom stereocenters. The smallest absolute Gasteiger partial charge is 0.344 e. The summed E-state index contributed by atoms with van der Waals surface area (Å²) in [6, 6.07) is 18.4. The molecule has 7 rings (SSSR count). The number of rotatable bonds is 5. The van der Waals surface area contributed by atoms with Crippen LogP contribution in [0.5, 0.6) is 28.9 Å². The first-order valence-corrected chi connectivity index (χ1v) is 13.3. The van der Waals surface area contributed by atoms with E-state index in [-0.39, 0.29) is 11.4 Å². The zero-order valence-electron chi connectivity index (χ0n) is 22.0. The van der Waals surface area contributed by atoms with Gasteiger partial charge in [-0.15, -0.1) is 5.10 Å². The lowest BCUT2D eigenvalue weighted by atomic mass is 9.83. The minimum atomic E-state index is -0.767. The molecule has 0 N–H and O–H groups in total. The van der Waals surface area contributed by atoms with Gasteiger partial charge in [-0.1, -0.05) is 40.2 Å². The maximum absolute atomic E-state index is 13.7. The molecule has 1 aliphatic heterocycles. The third-order valence-corrected chi connectivity index (χ3v) is 7.82. The van der Waals surface area contributed by atoms with Crippen LogP contribution in [-0.2, 0) is 0 Å². The quantitative estimate of drug-likeness (QED) is 0.217. The SMILES string of the molecule is COc1cc(OC)c(C2c3c(c4ccccc4oc3=O)Oc3ncn4nc(-c5ccccc5Br)nc4c32)cc1OC. The number of hydrogen-bond acceptors (Lipinski definition) is 9. The second-order valence-corrected chi connectivity index (χ2v) is 10.1. The molecule has 204 valence electrons. The molecule has 3 aromatic heterocycles. The second-order valence-electron chi connectivity index (χ2n) is 9.26. The fraction of sp³-hybridized carbons (Fsp3) is 0.133. The van der Waals surface area contributed by atoms with Gasteiger partial charge in [0.2, 0.25) is 5.88 Å². The van der Waals surface area contributed by atoms with Crippen LogP contribution in [0, 0.1) is 0 Å². The van der Waals surface area contributed by atoms with Gasteiger partial charge in [0.05, 0.1) is 43.8 Å². The number of ether oxygens (including phenoxy) is 4.